The summed E-state index contributed by atoms with van der Waals surface area (Å²) >= 11 is 3.15. The van der Waals surface area contributed by atoms with Crippen molar-refractivity contribution in [3.63, 3.8) is 0 Å². The molecule has 3 aromatic rings. The molecule has 2 heterocycles. The number of ether oxygens (including phenoxy) is 1. The molecule has 114 valence electrons. The lowest BCUT2D eigenvalue weighted by Gasteiger charge is -2.04. The molecule has 0 bridgehead atoms. The number of aromatic nitrogens is 3. The molecule has 3 rings (SSSR count). The molecule has 22 heavy (non-hydrogen) atoms. The summed E-state index contributed by atoms with van der Waals surface area (Å²) in [5.41, 5.74) is 1.86. The number of nitrogens with zero attached hydrogens (tertiary/aromatic N) is 3. The van der Waals surface area contributed by atoms with Crippen molar-refractivity contribution in [1.82, 2.24) is 14.6 Å². The molecule has 0 N–H and O–H groups in total. The summed E-state index contributed by atoms with van der Waals surface area (Å²) in [6.07, 6.45) is 0. The molecule has 0 amide bonds. The Morgan fingerprint density at radius 2 is 2.18 bits per heavy atom. The highest BCUT2D eigenvalue weighted by atomic mass is 32.2. The second kappa shape index (κ2) is 6.50. The first kappa shape index (κ1) is 15.1. The third-order valence-electron chi connectivity index (χ3n) is 3.05. The van der Waals surface area contributed by atoms with Crippen LogP contribution in [0.2, 0.25) is 0 Å². The van der Waals surface area contributed by atoms with Crippen molar-refractivity contribution in [2.45, 2.75) is 18.4 Å². The zero-order valence-corrected chi connectivity index (χ0v) is 13.9. The lowest BCUT2D eigenvalue weighted by Crippen LogP contribution is -2.15. The van der Waals surface area contributed by atoms with Gasteiger partial charge in [-0.05, 0) is 24.6 Å². The highest BCUT2D eigenvalue weighted by Gasteiger charge is 2.07. The summed E-state index contributed by atoms with van der Waals surface area (Å²) in [6.45, 7) is 1.87. The summed E-state index contributed by atoms with van der Waals surface area (Å²) in [5.74, 6) is 2.40. The average Bonchev–Trinajstić information content (AvgIpc) is 2.88. The first-order valence-corrected chi connectivity index (χ1v) is 8.70. The molecule has 2 aromatic heterocycles. The van der Waals surface area contributed by atoms with Crippen LogP contribution in [-0.4, -0.2) is 21.7 Å². The minimum absolute atomic E-state index is 0.119. The van der Waals surface area contributed by atoms with Crippen LogP contribution in [-0.2, 0) is 11.5 Å². The summed E-state index contributed by atoms with van der Waals surface area (Å²) in [4.78, 5) is 17.1. The minimum atomic E-state index is -0.119. The molecular formula is C15H15N3O2S2. The Balaban J connectivity index is 1.69. The second-order valence-electron chi connectivity index (χ2n) is 4.75. The molecular weight excluding hydrogens is 318 g/mol. The number of aryl methyl sites for hydroxylation is 1. The first-order valence-electron chi connectivity index (χ1n) is 6.73. The van der Waals surface area contributed by atoms with Gasteiger partial charge in [0, 0.05) is 17.6 Å². The van der Waals surface area contributed by atoms with Gasteiger partial charge < -0.3 is 4.74 Å². The fraction of sp³-hybridized carbons (Fsp3) is 0.267. The van der Waals surface area contributed by atoms with Crippen molar-refractivity contribution < 1.29 is 4.74 Å². The van der Waals surface area contributed by atoms with Crippen LogP contribution in [0.15, 0.2) is 35.1 Å². The molecule has 0 saturated heterocycles. The van der Waals surface area contributed by atoms with Gasteiger partial charge in [-0.15, -0.1) is 0 Å². The SMILES string of the molecule is COc1cccc(CSCc2cc(=O)n3nc(C)sc3n2)c1. The van der Waals surface area contributed by atoms with Crippen LogP contribution in [0.4, 0.5) is 0 Å². The van der Waals surface area contributed by atoms with E-state index in [-0.39, 0.29) is 5.56 Å². The van der Waals surface area contributed by atoms with E-state index in [0.29, 0.717) is 10.7 Å². The van der Waals surface area contributed by atoms with Gasteiger partial charge in [-0.3, -0.25) is 4.79 Å². The summed E-state index contributed by atoms with van der Waals surface area (Å²) < 4.78 is 6.57. The average molecular weight is 333 g/mol. The quantitative estimate of drug-likeness (QED) is 0.718. The Labute approximate surface area is 136 Å². The van der Waals surface area contributed by atoms with Gasteiger partial charge in [-0.1, -0.05) is 23.5 Å². The standard InChI is InChI=1S/C15H15N3O2S2/c1-10-17-18-14(19)7-12(16-15(18)22-10)9-21-8-11-4-3-5-13(6-11)20-2/h3-7H,8-9H2,1-2H3. The molecule has 0 atom stereocenters. The Morgan fingerprint density at radius 3 is 3.00 bits per heavy atom. The Morgan fingerprint density at radius 1 is 1.32 bits per heavy atom. The van der Waals surface area contributed by atoms with Crippen molar-refractivity contribution in [1.29, 1.82) is 0 Å². The zero-order chi connectivity index (χ0) is 15.5. The number of hydrogen-bond donors (Lipinski definition) is 0. The van der Waals surface area contributed by atoms with Gasteiger partial charge in [0.2, 0.25) is 4.96 Å². The maximum Gasteiger partial charge on any atom is 0.275 e. The van der Waals surface area contributed by atoms with Crippen molar-refractivity contribution in [3.05, 3.63) is 57.0 Å². The van der Waals surface area contributed by atoms with E-state index >= 15 is 0 Å². The van der Waals surface area contributed by atoms with E-state index in [4.69, 9.17) is 4.74 Å². The highest BCUT2D eigenvalue weighted by Crippen LogP contribution is 2.20. The molecule has 0 aliphatic rings. The summed E-state index contributed by atoms with van der Waals surface area (Å²) in [5, 5.41) is 4.98. The van der Waals surface area contributed by atoms with Crippen LogP contribution < -0.4 is 10.3 Å². The van der Waals surface area contributed by atoms with E-state index in [1.54, 1.807) is 24.9 Å². The topological polar surface area (TPSA) is 56.5 Å². The number of hydrogen-bond acceptors (Lipinski definition) is 6. The number of benzene rings is 1. The monoisotopic (exact) mass is 333 g/mol. The third kappa shape index (κ3) is 3.31. The van der Waals surface area contributed by atoms with E-state index in [1.165, 1.54) is 21.4 Å². The number of methoxy groups -OCH3 is 1. The van der Waals surface area contributed by atoms with Gasteiger partial charge in [0.05, 0.1) is 12.8 Å². The zero-order valence-electron chi connectivity index (χ0n) is 12.3. The first-order chi connectivity index (χ1) is 10.7. The lowest BCUT2D eigenvalue weighted by molar-refractivity contribution is 0.414. The molecule has 0 spiro atoms. The van der Waals surface area contributed by atoms with Crippen LogP contribution in [0, 0.1) is 6.92 Å². The highest BCUT2D eigenvalue weighted by molar-refractivity contribution is 7.97. The van der Waals surface area contributed by atoms with Gasteiger partial charge in [-0.25, -0.2) is 4.98 Å². The maximum atomic E-state index is 12.0. The van der Waals surface area contributed by atoms with E-state index < -0.39 is 0 Å². The molecule has 0 aliphatic carbocycles. The Kier molecular flexibility index (Phi) is 4.44. The van der Waals surface area contributed by atoms with Gasteiger partial charge >= 0.3 is 0 Å². The van der Waals surface area contributed by atoms with E-state index in [9.17, 15) is 4.79 Å². The smallest absolute Gasteiger partial charge is 0.275 e. The number of thioether (sulfide) groups is 1. The third-order valence-corrected chi connectivity index (χ3v) is 4.91. The number of rotatable bonds is 5. The van der Waals surface area contributed by atoms with E-state index in [2.05, 4.69) is 16.1 Å². The number of fused-ring (bicyclic) bond motifs is 1. The van der Waals surface area contributed by atoms with Gasteiger partial charge in [0.25, 0.3) is 5.56 Å². The molecule has 0 radical (unpaired) electrons. The fourth-order valence-corrected chi connectivity index (χ4v) is 3.70. The van der Waals surface area contributed by atoms with Crippen LogP contribution >= 0.6 is 23.1 Å². The normalized spacial score (nSPS) is 11.0. The van der Waals surface area contributed by atoms with Crippen molar-refractivity contribution >= 4 is 28.1 Å². The van der Waals surface area contributed by atoms with Crippen LogP contribution in [0.25, 0.3) is 4.96 Å². The Bertz CT molecular complexity index is 857. The molecule has 5 nitrogen and oxygen atoms in total. The maximum absolute atomic E-state index is 12.0. The summed E-state index contributed by atoms with van der Waals surface area (Å²) in [7, 11) is 1.66. The molecule has 7 heteroatoms. The minimum Gasteiger partial charge on any atom is -0.497 e. The lowest BCUT2D eigenvalue weighted by atomic mass is 10.2. The fourth-order valence-electron chi connectivity index (χ4n) is 2.06. The van der Waals surface area contributed by atoms with Crippen molar-refractivity contribution in [2.24, 2.45) is 0 Å². The van der Waals surface area contributed by atoms with Gasteiger partial charge in [-0.2, -0.15) is 21.4 Å². The van der Waals surface area contributed by atoms with E-state index in [0.717, 1.165) is 22.2 Å². The van der Waals surface area contributed by atoms with Gasteiger partial charge in [0.1, 0.15) is 10.8 Å². The van der Waals surface area contributed by atoms with Crippen LogP contribution in [0.1, 0.15) is 16.3 Å². The Hall–Kier alpha value is -1.86. The van der Waals surface area contributed by atoms with Gasteiger partial charge in [0.15, 0.2) is 0 Å². The van der Waals surface area contributed by atoms with Crippen LogP contribution in [0.3, 0.4) is 0 Å². The molecule has 0 fully saturated rings. The predicted octanol–water partition coefficient (Wildman–Crippen LogP) is 2.90. The van der Waals surface area contributed by atoms with Crippen molar-refractivity contribution in [2.75, 3.05) is 7.11 Å². The van der Waals surface area contributed by atoms with E-state index in [1.807, 2.05) is 25.1 Å². The molecule has 0 aliphatic heterocycles. The molecule has 1 aromatic carbocycles. The van der Waals surface area contributed by atoms with Crippen LogP contribution in [0.5, 0.6) is 5.75 Å². The second-order valence-corrected chi connectivity index (χ2v) is 6.89. The molecule has 0 unspecified atom stereocenters. The largest absolute Gasteiger partial charge is 0.497 e. The van der Waals surface area contributed by atoms with Crippen molar-refractivity contribution in [3.8, 4) is 5.75 Å². The summed E-state index contributed by atoms with van der Waals surface area (Å²) in [6, 6.07) is 9.55. The molecule has 0 saturated carbocycles. The predicted molar refractivity (Wildman–Crippen MR) is 89.9 cm³/mol.